The maximum atomic E-state index is 14.0. The third-order valence-electron chi connectivity index (χ3n) is 4.13. The van der Waals surface area contributed by atoms with Crippen molar-refractivity contribution in [2.75, 3.05) is 24.7 Å². The Morgan fingerprint density at radius 3 is 2.44 bits per heavy atom. The molecule has 1 saturated heterocycles. The molecule has 0 unspecified atom stereocenters. The van der Waals surface area contributed by atoms with E-state index in [0.29, 0.717) is 13.1 Å². The number of benzene rings is 1. The van der Waals surface area contributed by atoms with Gasteiger partial charge in [-0.25, -0.2) is 21.2 Å². The average molecular weight is 433 g/mol. The second kappa shape index (κ2) is 7.30. The molecule has 1 aliphatic rings. The fourth-order valence-electron chi connectivity index (χ4n) is 2.74. The lowest BCUT2D eigenvalue weighted by Gasteiger charge is -2.15. The molecule has 1 aromatic carbocycles. The van der Waals surface area contributed by atoms with Crippen molar-refractivity contribution in [1.82, 2.24) is 4.31 Å². The van der Waals surface area contributed by atoms with Crippen LogP contribution in [0, 0.1) is 5.82 Å². The minimum atomic E-state index is -3.81. The Morgan fingerprint density at radius 1 is 1.15 bits per heavy atom. The normalized spacial score (nSPS) is 15.8. The number of thiophene rings is 1. The molecule has 7 nitrogen and oxygen atoms in total. The van der Waals surface area contributed by atoms with Crippen molar-refractivity contribution in [2.45, 2.75) is 22.6 Å². The number of carbonyl (C=O) groups excluding carboxylic acids is 1. The lowest BCUT2D eigenvalue weighted by atomic mass is 10.3. The van der Waals surface area contributed by atoms with Crippen molar-refractivity contribution in [3.8, 4) is 0 Å². The van der Waals surface area contributed by atoms with E-state index in [1.807, 2.05) is 0 Å². The van der Waals surface area contributed by atoms with Crippen molar-refractivity contribution >= 4 is 42.8 Å². The van der Waals surface area contributed by atoms with Gasteiger partial charge in [0.1, 0.15) is 15.6 Å². The van der Waals surface area contributed by atoms with Gasteiger partial charge in [0.05, 0.1) is 10.6 Å². The van der Waals surface area contributed by atoms with Crippen molar-refractivity contribution < 1.29 is 26.0 Å². The van der Waals surface area contributed by atoms with Gasteiger partial charge < -0.3 is 5.32 Å². The maximum Gasteiger partial charge on any atom is 0.267 e. The van der Waals surface area contributed by atoms with E-state index in [0.717, 1.165) is 48.6 Å². The summed E-state index contributed by atoms with van der Waals surface area (Å²) in [4.78, 5) is 12.2. The molecule has 2 heterocycles. The summed E-state index contributed by atoms with van der Waals surface area (Å²) in [6, 6.07) is 4.37. The predicted molar refractivity (Wildman–Crippen MR) is 99.8 cm³/mol. The molecule has 1 fully saturated rings. The van der Waals surface area contributed by atoms with Gasteiger partial charge in [0.15, 0.2) is 9.84 Å². The number of sulfonamides is 1. The highest BCUT2D eigenvalue weighted by molar-refractivity contribution is 7.90. The Bertz CT molecular complexity index is 1090. The maximum absolute atomic E-state index is 14.0. The van der Waals surface area contributed by atoms with Crippen molar-refractivity contribution in [1.29, 1.82) is 0 Å². The zero-order valence-electron chi connectivity index (χ0n) is 14.3. The third kappa shape index (κ3) is 4.05. The summed E-state index contributed by atoms with van der Waals surface area (Å²) in [5.41, 5.74) is -0.333. The summed E-state index contributed by atoms with van der Waals surface area (Å²) < 4.78 is 64.0. The van der Waals surface area contributed by atoms with Gasteiger partial charge in [-0.3, -0.25) is 4.79 Å². The number of carbonyl (C=O) groups is 1. The molecule has 11 heteroatoms. The first-order valence-corrected chi connectivity index (χ1v) is 12.2. The van der Waals surface area contributed by atoms with E-state index in [1.54, 1.807) is 0 Å². The SMILES string of the molecule is CS(=O)(=O)c1ccc(F)c(NC(=O)c2sccc2S(=O)(=O)N2CCCC2)c1. The van der Waals surface area contributed by atoms with E-state index in [4.69, 9.17) is 0 Å². The molecule has 0 radical (unpaired) electrons. The van der Waals surface area contributed by atoms with Crippen LogP contribution < -0.4 is 5.32 Å². The van der Waals surface area contributed by atoms with Gasteiger partial charge in [-0.15, -0.1) is 11.3 Å². The smallest absolute Gasteiger partial charge is 0.267 e. The molecule has 1 N–H and O–H groups in total. The third-order valence-corrected chi connectivity index (χ3v) is 8.23. The lowest BCUT2D eigenvalue weighted by molar-refractivity contribution is 0.102. The second-order valence-electron chi connectivity index (χ2n) is 6.09. The van der Waals surface area contributed by atoms with Crippen molar-refractivity contribution in [3.05, 3.63) is 40.3 Å². The number of anilines is 1. The summed E-state index contributed by atoms with van der Waals surface area (Å²) in [7, 11) is -7.40. The summed E-state index contributed by atoms with van der Waals surface area (Å²) in [5.74, 6) is -1.64. The number of nitrogens with one attached hydrogen (secondary N) is 1. The molecule has 2 aromatic rings. The number of rotatable bonds is 5. The monoisotopic (exact) mass is 432 g/mol. The number of sulfone groups is 1. The van der Waals surface area contributed by atoms with E-state index in [9.17, 15) is 26.0 Å². The van der Waals surface area contributed by atoms with Crippen molar-refractivity contribution in [3.63, 3.8) is 0 Å². The van der Waals surface area contributed by atoms with Gasteiger partial charge in [-0.05, 0) is 42.5 Å². The standard InChI is InChI=1S/C16H17FN2O5S3/c1-26(21,22)11-4-5-12(17)13(10-11)18-16(20)15-14(6-9-25-15)27(23,24)19-7-2-3-8-19/h4-6,9-10H,2-3,7-8H2,1H3,(H,18,20). The highest BCUT2D eigenvalue weighted by Crippen LogP contribution is 2.29. The number of hydrogen-bond acceptors (Lipinski definition) is 6. The van der Waals surface area contributed by atoms with Crippen LogP contribution in [0.2, 0.25) is 0 Å². The number of nitrogens with zero attached hydrogens (tertiary/aromatic N) is 1. The molecular formula is C16H17FN2O5S3. The molecule has 0 saturated carbocycles. The molecule has 3 rings (SSSR count). The van der Waals surface area contributed by atoms with Gasteiger partial charge in [-0.1, -0.05) is 0 Å². The first kappa shape index (κ1) is 19.9. The van der Waals surface area contributed by atoms with E-state index < -0.39 is 31.6 Å². The minimum absolute atomic E-state index is 0.0777. The van der Waals surface area contributed by atoms with Gasteiger partial charge in [0, 0.05) is 19.3 Å². The van der Waals surface area contributed by atoms with Gasteiger partial charge in [0.2, 0.25) is 10.0 Å². The van der Waals surface area contributed by atoms with Crippen LogP contribution in [-0.4, -0.2) is 46.4 Å². The van der Waals surface area contributed by atoms with Crippen LogP contribution in [0.4, 0.5) is 10.1 Å². The molecule has 0 bridgehead atoms. The molecule has 0 aliphatic carbocycles. The largest absolute Gasteiger partial charge is 0.319 e. The van der Waals surface area contributed by atoms with Crippen LogP contribution in [0.25, 0.3) is 0 Å². The molecule has 0 spiro atoms. The topological polar surface area (TPSA) is 101 Å². The summed E-state index contributed by atoms with van der Waals surface area (Å²) in [6.07, 6.45) is 2.48. The quantitative estimate of drug-likeness (QED) is 0.731. The Balaban J connectivity index is 1.92. The second-order valence-corrected chi connectivity index (χ2v) is 10.9. The van der Waals surface area contributed by atoms with Crippen molar-refractivity contribution in [2.24, 2.45) is 0 Å². The van der Waals surface area contributed by atoms with Crippen LogP contribution in [0.15, 0.2) is 39.4 Å². The molecule has 27 heavy (non-hydrogen) atoms. The van der Waals surface area contributed by atoms with E-state index >= 15 is 0 Å². The number of amides is 1. The molecule has 146 valence electrons. The van der Waals surface area contributed by atoms with Gasteiger partial charge in [-0.2, -0.15) is 4.31 Å². The summed E-state index contributed by atoms with van der Waals surface area (Å²) in [6.45, 7) is 0.786. The highest BCUT2D eigenvalue weighted by Gasteiger charge is 2.32. The van der Waals surface area contributed by atoms with E-state index in [-0.39, 0.29) is 20.4 Å². The fourth-order valence-corrected chi connectivity index (χ4v) is 6.20. The predicted octanol–water partition coefficient (Wildman–Crippen LogP) is 2.33. The highest BCUT2D eigenvalue weighted by atomic mass is 32.2. The molecular weight excluding hydrogens is 415 g/mol. The molecule has 1 aliphatic heterocycles. The van der Waals surface area contributed by atoms with Crippen LogP contribution >= 0.6 is 11.3 Å². The Morgan fingerprint density at radius 2 is 1.81 bits per heavy atom. The van der Waals surface area contributed by atoms with Gasteiger partial charge >= 0.3 is 0 Å². The minimum Gasteiger partial charge on any atom is -0.319 e. The molecule has 0 atom stereocenters. The number of hydrogen-bond donors (Lipinski definition) is 1. The van der Waals surface area contributed by atoms with Crippen LogP contribution in [0.5, 0.6) is 0 Å². The zero-order valence-corrected chi connectivity index (χ0v) is 16.8. The Kier molecular flexibility index (Phi) is 5.39. The first-order chi connectivity index (χ1) is 12.6. The number of halogens is 1. The Labute approximate surface area is 160 Å². The van der Waals surface area contributed by atoms with Crippen LogP contribution in [0.1, 0.15) is 22.5 Å². The summed E-state index contributed by atoms with van der Waals surface area (Å²) >= 11 is 0.920. The lowest BCUT2D eigenvalue weighted by Crippen LogP contribution is -2.29. The van der Waals surface area contributed by atoms with Crippen LogP contribution in [0.3, 0.4) is 0 Å². The van der Waals surface area contributed by atoms with E-state index in [1.165, 1.54) is 15.8 Å². The average Bonchev–Trinajstić information content (AvgIpc) is 3.28. The molecule has 1 amide bonds. The summed E-state index contributed by atoms with van der Waals surface area (Å²) in [5, 5.41) is 3.75. The van der Waals surface area contributed by atoms with Gasteiger partial charge in [0.25, 0.3) is 5.91 Å². The zero-order chi connectivity index (χ0) is 19.8. The molecule has 1 aromatic heterocycles. The van der Waals surface area contributed by atoms with E-state index in [2.05, 4.69) is 5.32 Å². The first-order valence-electron chi connectivity index (χ1n) is 7.99. The Hall–Kier alpha value is -1.82. The fraction of sp³-hybridized carbons (Fsp3) is 0.312. The van der Waals surface area contributed by atoms with Crippen LogP contribution in [-0.2, 0) is 19.9 Å².